The fourth-order valence-electron chi connectivity index (χ4n) is 1.68. The Labute approximate surface area is 102 Å². The number of rotatable bonds is 3. The van der Waals surface area contributed by atoms with Gasteiger partial charge in [0, 0.05) is 19.8 Å². The molecule has 1 saturated heterocycles. The molecule has 0 bridgehead atoms. The molecule has 1 aliphatic heterocycles. The Morgan fingerprint density at radius 3 is 2.41 bits per heavy atom. The molecule has 4 nitrogen and oxygen atoms in total. The predicted molar refractivity (Wildman–Crippen MR) is 70.8 cm³/mol. The molecule has 17 heavy (non-hydrogen) atoms. The third-order valence-electron chi connectivity index (χ3n) is 2.77. The lowest BCUT2D eigenvalue weighted by atomic mass is 10.2. The number of ether oxygens (including phenoxy) is 1. The first kappa shape index (κ1) is 11.9. The van der Waals surface area contributed by atoms with Crippen LogP contribution >= 0.6 is 0 Å². The quantitative estimate of drug-likeness (QED) is 0.739. The van der Waals surface area contributed by atoms with Gasteiger partial charge in [0.1, 0.15) is 0 Å². The van der Waals surface area contributed by atoms with Crippen molar-refractivity contribution in [2.75, 3.05) is 45.3 Å². The highest BCUT2D eigenvalue weighted by Gasteiger charge is 2.06. The maximum Gasteiger partial charge on any atom is 0.0659 e. The molecule has 0 aliphatic carbocycles. The van der Waals surface area contributed by atoms with E-state index in [-0.39, 0.29) is 0 Å². The van der Waals surface area contributed by atoms with Crippen LogP contribution in [-0.2, 0) is 4.74 Å². The van der Waals surface area contributed by atoms with E-state index in [0.717, 1.165) is 31.9 Å². The average molecular weight is 233 g/mol. The van der Waals surface area contributed by atoms with Crippen molar-refractivity contribution in [1.82, 2.24) is 5.01 Å². The fourth-order valence-corrected chi connectivity index (χ4v) is 1.68. The highest BCUT2D eigenvalue weighted by molar-refractivity contribution is 5.80. The normalized spacial score (nSPS) is 16.5. The third kappa shape index (κ3) is 3.46. The number of hydrogen-bond acceptors (Lipinski definition) is 4. The Morgan fingerprint density at radius 1 is 1.18 bits per heavy atom. The minimum atomic E-state index is 0.775. The van der Waals surface area contributed by atoms with Crippen molar-refractivity contribution in [3.63, 3.8) is 0 Å². The topological polar surface area (TPSA) is 28.1 Å². The lowest BCUT2D eigenvalue weighted by Gasteiger charge is -2.23. The molecule has 0 radical (unpaired) electrons. The van der Waals surface area contributed by atoms with Gasteiger partial charge in [-0.25, -0.2) is 0 Å². The Morgan fingerprint density at radius 2 is 1.82 bits per heavy atom. The summed E-state index contributed by atoms with van der Waals surface area (Å²) in [5.74, 6) is 0. The molecule has 1 aromatic carbocycles. The minimum Gasteiger partial charge on any atom is -0.378 e. The molecule has 0 N–H and O–H groups in total. The van der Waals surface area contributed by atoms with Gasteiger partial charge < -0.3 is 9.64 Å². The summed E-state index contributed by atoms with van der Waals surface area (Å²) in [7, 11) is 4.08. The molecule has 0 spiro atoms. The van der Waals surface area contributed by atoms with Crippen LogP contribution in [0.2, 0.25) is 0 Å². The predicted octanol–water partition coefficient (Wildman–Crippen LogP) is 1.42. The monoisotopic (exact) mass is 233 g/mol. The Hall–Kier alpha value is -1.55. The number of hydrogen-bond donors (Lipinski definition) is 0. The zero-order valence-corrected chi connectivity index (χ0v) is 10.5. The molecule has 1 heterocycles. The second-order valence-electron chi connectivity index (χ2n) is 4.30. The summed E-state index contributed by atoms with van der Waals surface area (Å²) < 4.78 is 5.27. The SMILES string of the molecule is CN(C)c1ccc(C=NN2CCOCC2)cc1. The van der Waals surface area contributed by atoms with E-state index < -0.39 is 0 Å². The van der Waals surface area contributed by atoms with Gasteiger partial charge >= 0.3 is 0 Å². The molecule has 0 amide bonds. The van der Waals surface area contributed by atoms with Gasteiger partial charge in [-0.15, -0.1) is 0 Å². The van der Waals surface area contributed by atoms with Crippen LogP contribution in [0.5, 0.6) is 0 Å². The second-order valence-corrected chi connectivity index (χ2v) is 4.30. The van der Waals surface area contributed by atoms with Crippen LogP contribution in [0, 0.1) is 0 Å². The first-order valence-electron chi connectivity index (χ1n) is 5.90. The van der Waals surface area contributed by atoms with Crippen LogP contribution in [0.3, 0.4) is 0 Å². The van der Waals surface area contributed by atoms with Crippen LogP contribution in [0.15, 0.2) is 29.4 Å². The van der Waals surface area contributed by atoms with Crippen molar-refractivity contribution >= 4 is 11.9 Å². The summed E-state index contributed by atoms with van der Waals surface area (Å²) in [6.07, 6.45) is 1.91. The van der Waals surface area contributed by atoms with Gasteiger partial charge in [-0.3, -0.25) is 5.01 Å². The summed E-state index contributed by atoms with van der Waals surface area (Å²) >= 11 is 0. The first-order chi connectivity index (χ1) is 8.25. The Bertz CT molecular complexity index is 367. The lowest BCUT2D eigenvalue weighted by Crippen LogP contribution is -2.32. The van der Waals surface area contributed by atoms with E-state index in [9.17, 15) is 0 Å². The van der Waals surface area contributed by atoms with Gasteiger partial charge in [-0.1, -0.05) is 12.1 Å². The van der Waals surface area contributed by atoms with E-state index in [0.29, 0.717) is 0 Å². The minimum absolute atomic E-state index is 0.775. The van der Waals surface area contributed by atoms with Gasteiger partial charge in [0.25, 0.3) is 0 Å². The summed E-state index contributed by atoms with van der Waals surface area (Å²) in [5.41, 5.74) is 2.33. The number of hydrazone groups is 1. The van der Waals surface area contributed by atoms with Crippen molar-refractivity contribution in [2.24, 2.45) is 5.10 Å². The average Bonchev–Trinajstić information content (AvgIpc) is 2.38. The molecule has 1 aliphatic rings. The number of nitrogens with zero attached hydrogens (tertiary/aromatic N) is 3. The molecule has 0 saturated carbocycles. The Kier molecular flexibility index (Phi) is 3.98. The first-order valence-corrected chi connectivity index (χ1v) is 5.90. The van der Waals surface area contributed by atoms with Gasteiger partial charge in [-0.05, 0) is 17.7 Å². The van der Waals surface area contributed by atoms with Crippen LogP contribution < -0.4 is 4.90 Å². The Balaban J connectivity index is 1.95. The van der Waals surface area contributed by atoms with E-state index in [1.807, 2.05) is 25.3 Å². The zero-order valence-electron chi connectivity index (χ0n) is 10.5. The van der Waals surface area contributed by atoms with Crippen molar-refractivity contribution in [1.29, 1.82) is 0 Å². The fraction of sp³-hybridized carbons (Fsp3) is 0.462. The number of benzene rings is 1. The van der Waals surface area contributed by atoms with Crippen LogP contribution in [-0.4, -0.2) is 51.6 Å². The van der Waals surface area contributed by atoms with Crippen LogP contribution in [0.4, 0.5) is 5.69 Å². The van der Waals surface area contributed by atoms with Gasteiger partial charge in [0.05, 0.1) is 32.5 Å². The third-order valence-corrected chi connectivity index (χ3v) is 2.77. The van der Waals surface area contributed by atoms with Crippen LogP contribution in [0.25, 0.3) is 0 Å². The highest BCUT2D eigenvalue weighted by Crippen LogP contribution is 2.11. The molecule has 0 unspecified atom stereocenters. The van der Waals surface area contributed by atoms with Gasteiger partial charge in [-0.2, -0.15) is 5.10 Å². The molecule has 4 heteroatoms. The van der Waals surface area contributed by atoms with Crippen molar-refractivity contribution in [3.8, 4) is 0 Å². The summed E-state index contributed by atoms with van der Waals surface area (Å²) in [5, 5.41) is 6.49. The number of anilines is 1. The second kappa shape index (κ2) is 5.68. The largest absolute Gasteiger partial charge is 0.378 e. The van der Waals surface area contributed by atoms with Gasteiger partial charge in [0.15, 0.2) is 0 Å². The van der Waals surface area contributed by atoms with Crippen LogP contribution in [0.1, 0.15) is 5.56 Å². The molecule has 1 aromatic rings. The summed E-state index contributed by atoms with van der Waals surface area (Å²) in [6.45, 7) is 3.31. The summed E-state index contributed by atoms with van der Waals surface area (Å²) in [6, 6.07) is 8.36. The standard InChI is InChI=1S/C13H19N3O/c1-15(2)13-5-3-12(4-6-13)11-14-16-7-9-17-10-8-16/h3-6,11H,7-10H2,1-2H3. The zero-order chi connectivity index (χ0) is 12.1. The lowest BCUT2D eigenvalue weighted by molar-refractivity contribution is 0.0397. The van der Waals surface area contributed by atoms with E-state index >= 15 is 0 Å². The van der Waals surface area contributed by atoms with E-state index in [1.54, 1.807) is 0 Å². The molecule has 92 valence electrons. The molecule has 0 aromatic heterocycles. The molecular formula is C13H19N3O. The van der Waals surface area contributed by atoms with Crippen molar-refractivity contribution < 1.29 is 4.74 Å². The van der Waals surface area contributed by atoms with Crippen molar-refractivity contribution in [2.45, 2.75) is 0 Å². The maximum atomic E-state index is 5.27. The number of morpholine rings is 1. The maximum absolute atomic E-state index is 5.27. The molecule has 2 rings (SSSR count). The molecule has 0 atom stereocenters. The summed E-state index contributed by atoms with van der Waals surface area (Å²) in [4.78, 5) is 2.09. The van der Waals surface area contributed by atoms with E-state index in [1.165, 1.54) is 5.69 Å². The van der Waals surface area contributed by atoms with Crippen molar-refractivity contribution in [3.05, 3.63) is 29.8 Å². The van der Waals surface area contributed by atoms with Gasteiger partial charge in [0.2, 0.25) is 0 Å². The smallest absolute Gasteiger partial charge is 0.0659 e. The highest BCUT2D eigenvalue weighted by atomic mass is 16.5. The molecular weight excluding hydrogens is 214 g/mol. The van der Waals surface area contributed by atoms with E-state index in [2.05, 4.69) is 34.3 Å². The van der Waals surface area contributed by atoms with E-state index in [4.69, 9.17) is 4.74 Å². The molecule has 1 fully saturated rings.